The summed E-state index contributed by atoms with van der Waals surface area (Å²) in [6, 6.07) is 16.9. The molecule has 0 aliphatic heterocycles. The zero-order valence-electron chi connectivity index (χ0n) is 15.1. The lowest BCUT2D eigenvalue weighted by atomic mass is 9.86. The van der Waals surface area contributed by atoms with E-state index in [1.807, 2.05) is 37.3 Å². The van der Waals surface area contributed by atoms with Crippen molar-refractivity contribution in [1.82, 2.24) is 0 Å². The van der Waals surface area contributed by atoms with Crippen LogP contribution in [0.5, 0.6) is 0 Å². The van der Waals surface area contributed by atoms with Gasteiger partial charge in [-0.1, -0.05) is 63.3 Å². The van der Waals surface area contributed by atoms with Crippen molar-refractivity contribution in [3.63, 3.8) is 0 Å². The van der Waals surface area contributed by atoms with Gasteiger partial charge in [0.25, 0.3) is 0 Å². The van der Waals surface area contributed by atoms with Gasteiger partial charge < -0.3 is 10.6 Å². The Morgan fingerprint density at radius 2 is 1.58 bits per heavy atom. The van der Waals surface area contributed by atoms with Gasteiger partial charge in [0.2, 0.25) is 0 Å². The summed E-state index contributed by atoms with van der Waals surface area (Å²) < 4.78 is 0. The van der Waals surface area contributed by atoms with Crippen LogP contribution in [0.15, 0.2) is 72.8 Å². The van der Waals surface area contributed by atoms with Gasteiger partial charge in [-0.2, -0.15) is 0 Å². The van der Waals surface area contributed by atoms with Crippen molar-refractivity contribution in [3.8, 4) is 0 Å². The molecule has 0 aromatic heterocycles. The Labute approximate surface area is 146 Å². The summed E-state index contributed by atoms with van der Waals surface area (Å²) in [7, 11) is 0. The topological polar surface area (TPSA) is 24.1 Å². The first kappa shape index (κ1) is 17.9. The van der Waals surface area contributed by atoms with Crippen molar-refractivity contribution < 1.29 is 0 Å². The summed E-state index contributed by atoms with van der Waals surface area (Å²) in [6.45, 7) is 9.55. The fraction of sp³-hybridized carbons (Fsp3) is 0.273. The molecule has 2 aromatic rings. The van der Waals surface area contributed by atoms with Crippen LogP contribution in [0, 0.1) is 0 Å². The van der Waals surface area contributed by atoms with Crippen LogP contribution in [0.3, 0.4) is 0 Å². The highest BCUT2D eigenvalue weighted by atomic mass is 14.9. The molecular weight excluding hydrogens is 292 g/mol. The zero-order valence-corrected chi connectivity index (χ0v) is 15.1. The second-order valence-corrected chi connectivity index (χ2v) is 6.87. The third-order valence-corrected chi connectivity index (χ3v) is 3.73. The highest BCUT2D eigenvalue weighted by Crippen LogP contribution is 2.30. The molecule has 2 heteroatoms. The summed E-state index contributed by atoms with van der Waals surface area (Å²) in [4.78, 5) is 0. The Bertz CT molecular complexity index is 692. The zero-order chi connectivity index (χ0) is 17.4. The number of hydrogen-bond donors (Lipinski definition) is 2. The van der Waals surface area contributed by atoms with Gasteiger partial charge in [0.1, 0.15) is 0 Å². The summed E-state index contributed by atoms with van der Waals surface area (Å²) >= 11 is 0. The number of hydrogen-bond acceptors (Lipinski definition) is 2. The molecule has 0 fully saturated rings. The molecule has 0 bridgehead atoms. The van der Waals surface area contributed by atoms with E-state index >= 15 is 0 Å². The lowest BCUT2D eigenvalue weighted by molar-refractivity contribution is 0.591. The smallest absolute Gasteiger partial charge is 0.0407 e. The predicted molar refractivity (Wildman–Crippen MR) is 107 cm³/mol. The van der Waals surface area contributed by atoms with Crippen LogP contribution in [-0.2, 0) is 5.41 Å². The monoisotopic (exact) mass is 320 g/mol. The fourth-order valence-corrected chi connectivity index (χ4v) is 2.36. The number of rotatable bonds is 6. The van der Waals surface area contributed by atoms with Gasteiger partial charge >= 0.3 is 0 Å². The molecule has 2 rings (SSSR count). The maximum absolute atomic E-state index is 3.50. The molecule has 126 valence electrons. The molecule has 2 nitrogen and oxygen atoms in total. The van der Waals surface area contributed by atoms with Gasteiger partial charge in [-0.15, -0.1) is 0 Å². The van der Waals surface area contributed by atoms with Crippen molar-refractivity contribution in [3.05, 3.63) is 78.4 Å². The number of benzene rings is 2. The Balaban J connectivity index is 2.21. The van der Waals surface area contributed by atoms with Crippen molar-refractivity contribution >= 4 is 17.1 Å². The van der Waals surface area contributed by atoms with E-state index in [1.54, 1.807) is 0 Å². The van der Waals surface area contributed by atoms with Gasteiger partial charge in [0.05, 0.1) is 0 Å². The van der Waals surface area contributed by atoms with Gasteiger partial charge in [-0.3, -0.25) is 0 Å². The minimum Gasteiger partial charge on any atom is -0.381 e. The molecule has 2 N–H and O–H groups in total. The van der Waals surface area contributed by atoms with Gasteiger partial charge in [0, 0.05) is 23.6 Å². The Morgan fingerprint density at radius 1 is 0.875 bits per heavy atom. The largest absolute Gasteiger partial charge is 0.381 e. The molecule has 0 aliphatic rings. The minimum atomic E-state index is 0.103. The van der Waals surface area contributed by atoms with Crippen LogP contribution in [0.1, 0.15) is 33.3 Å². The second kappa shape index (κ2) is 8.39. The molecule has 0 unspecified atom stereocenters. The number of anilines is 3. The van der Waals surface area contributed by atoms with Crippen LogP contribution in [0.4, 0.5) is 17.1 Å². The maximum Gasteiger partial charge on any atom is 0.0407 e. The molecule has 0 atom stereocenters. The number of allylic oxidation sites excluding steroid dienone is 3. The third-order valence-electron chi connectivity index (χ3n) is 3.73. The quantitative estimate of drug-likeness (QED) is 0.613. The van der Waals surface area contributed by atoms with Crippen LogP contribution < -0.4 is 10.6 Å². The van der Waals surface area contributed by atoms with E-state index in [-0.39, 0.29) is 5.41 Å². The first-order valence-electron chi connectivity index (χ1n) is 8.48. The fourth-order valence-electron chi connectivity index (χ4n) is 2.36. The molecule has 0 radical (unpaired) electrons. The minimum absolute atomic E-state index is 0.103. The van der Waals surface area contributed by atoms with E-state index in [4.69, 9.17) is 0 Å². The normalized spacial score (nSPS) is 12.0. The average Bonchev–Trinajstić information content (AvgIpc) is 2.55. The molecule has 2 aromatic carbocycles. The Kier molecular flexibility index (Phi) is 6.25. The first-order valence-corrected chi connectivity index (χ1v) is 8.48. The highest BCUT2D eigenvalue weighted by Gasteiger charge is 2.15. The van der Waals surface area contributed by atoms with Gasteiger partial charge in [0.15, 0.2) is 0 Å². The lowest BCUT2D eigenvalue weighted by Crippen LogP contribution is -2.12. The predicted octanol–water partition coefficient (Wildman–Crippen LogP) is 6.27. The van der Waals surface area contributed by atoms with Crippen LogP contribution in [-0.4, -0.2) is 6.54 Å². The van der Waals surface area contributed by atoms with Gasteiger partial charge in [-0.25, -0.2) is 0 Å². The number of nitrogens with one attached hydrogen (secondary N) is 2. The first-order chi connectivity index (χ1) is 11.5. The molecular formula is C22H28N2. The molecule has 0 aliphatic carbocycles. The van der Waals surface area contributed by atoms with Crippen LogP contribution >= 0.6 is 0 Å². The number of para-hydroxylation sites is 1. The Morgan fingerprint density at radius 3 is 2.25 bits per heavy atom. The van der Waals surface area contributed by atoms with E-state index < -0.39 is 0 Å². The summed E-state index contributed by atoms with van der Waals surface area (Å²) in [5, 5.41) is 6.98. The Hall–Kier alpha value is -2.48. The SMILES string of the molecule is C/C=C\C=C/CNc1cc(Nc2ccccc2)cc(C(C)(C)C)c1. The summed E-state index contributed by atoms with van der Waals surface area (Å²) in [5.41, 5.74) is 4.75. The van der Waals surface area contributed by atoms with Crippen molar-refractivity contribution in [2.24, 2.45) is 0 Å². The molecule has 0 amide bonds. The highest BCUT2D eigenvalue weighted by molar-refractivity contribution is 5.66. The second-order valence-electron chi connectivity index (χ2n) is 6.87. The summed E-state index contributed by atoms with van der Waals surface area (Å²) in [6.07, 6.45) is 8.24. The van der Waals surface area contributed by atoms with E-state index in [0.717, 1.165) is 23.6 Å². The van der Waals surface area contributed by atoms with Crippen molar-refractivity contribution in [1.29, 1.82) is 0 Å². The summed E-state index contributed by atoms with van der Waals surface area (Å²) in [5.74, 6) is 0. The molecule has 0 spiro atoms. The molecule has 0 saturated heterocycles. The standard InChI is InChI=1S/C22H28N2/c1-5-6-7-11-14-23-20-15-18(22(2,3)4)16-21(17-20)24-19-12-9-8-10-13-19/h5-13,15-17,23-24H,14H2,1-4H3/b6-5-,11-7-. The van der Waals surface area contributed by atoms with Crippen LogP contribution in [0.2, 0.25) is 0 Å². The van der Waals surface area contributed by atoms with E-state index in [2.05, 4.69) is 73.9 Å². The van der Waals surface area contributed by atoms with E-state index in [9.17, 15) is 0 Å². The van der Waals surface area contributed by atoms with Crippen molar-refractivity contribution in [2.45, 2.75) is 33.1 Å². The van der Waals surface area contributed by atoms with E-state index in [0.29, 0.717) is 0 Å². The van der Waals surface area contributed by atoms with Crippen molar-refractivity contribution in [2.75, 3.05) is 17.2 Å². The maximum atomic E-state index is 3.50. The van der Waals surface area contributed by atoms with E-state index in [1.165, 1.54) is 5.56 Å². The lowest BCUT2D eigenvalue weighted by Gasteiger charge is -2.22. The molecule has 24 heavy (non-hydrogen) atoms. The third kappa shape index (κ3) is 5.62. The van der Waals surface area contributed by atoms with Gasteiger partial charge in [-0.05, 0) is 48.2 Å². The van der Waals surface area contributed by atoms with Crippen LogP contribution in [0.25, 0.3) is 0 Å². The average molecular weight is 320 g/mol. The molecule has 0 heterocycles. The molecule has 0 saturated carbocycles.